The molecule has 0 spiro atoms. The van der Waals surface area contributed by atoms with Crippen LogP contribution in [-0.4, -0.2) is 56.8 Å². The standard InChI is InChI=1S/C20H21N5O3/c1-20(27)8-9-25(12-20)19(26)24-15-11-21-16-14(13-6-4-3-5-7-13)10-22-18(28-2)17(16)23-15/h3-7,10-11,27H,8-9,12H2,1-2H3,(H,23,24,26). The van der Waals surface area contributed by atoms with Crippen molar-refractivity contribution in [3.63, 3.8) is 0 Å². The zero-order valence-corrected chi connectivity index (χ0v) is 15.7. The molecule has 1 aliphatic rings. The Morgan fingerprint density at radius 1 is 1.21 bits per heavy atom. The van der Waals surface area contributed by atoms with Crippen molar-refractivity contribution in [2.45, 2.75) is 18.9 Å². The van der Waals surface area contributed by atoms with Crippen LogP contribution in [-0.2, 0) is 0 Å². The number of hydrogen-bond acceptors (Lipinski definition) is 6. The number of β-amino-alcohol motifs (C(OH)–C–C–N with tert-alkyl or cyclic N) is 1. The molecule has 0 saturated carbocycles. The second-order valence-corrected chi connectivity index (χ2v) is 7.10. The molecule has 1 saturated heterocycles. The lowest BCUT2D eigenvalue weighted by Crippen LogP contribution is -2.36. The van der Waals surface area contributed by atoms with Gasteiger partial charge in [-0.2, -0.15) is 0 Å². The molecule has 1 atom stereocenters. The molecule has 2 amide bonds. The number of hydrogen-bond donors (Lipinski definition) is 2. The van der Waals surface area contributed by atoms with Crippen LogP contribution in [0.2, 0.25) is 0 Å². The maximum atomic E-state index is 12.5. The maximum Gasteiger partial charge on any atom is 0.323 e. The summed E-state index contributed by atoms with van der Waals surface area (Å²) in [5.74, 6) is 0.636. The van der Waals surface area contributed by atoms with Crippen LogP contribution < -0.4 is 10.1 Å². The third-order valence-electron chi connectivity index (χ3n) is 4.79. The van der Waals surface area contributed by atoms with Gasteiger partial charge in [0.1, 0.15) is 5.52 Å². The number of pyridine rings is 1. The first-order chi connectivity index (χ1) is 13.5. The van der Waals surface area contributed by atoms with Gasteiger partial charge in [0, 0.05) is 18.3 Å². The fourth-order valence-electron chi connectivity index (χ4n) is 3.33. The summed E-state index contributed by atoms with van der Waals surface area (Å²) in [6.07, 6.45) is 3.76. The Bertz CT molecular complexity index is 1020. The lowest BCUT2D eigenvalue weighted by molar-refractivity contribution is 0.0727. The first-order valence-corrected chi connectivity index (χ1v) is 9.00. The zero-order chi connectivity index (χ0) is 19.7. The van der Waals surface area contributed by atoms with E-state index in [4.69, 9.17) is 4.74 Å². The molecule has 0 aliphatic carbocycles. The van der Waals surface area contributed by atoms with Gasteiger partial charge in [0.05, 0.1) is 25.5 Å². The number of aliphatic hydroxyl groups is 1. The van der Waals surface area contributed by atoms with Crippen LogP contribution in [0, 0.1) is 0 Å². The average Bonchev–Trinajstić information content (AvgIpc) is 3.07. The fourth-order valence-corrected chi connectivity index (χ4v) is 3.33. The van der Waals surface area contributed by atoms with Gasteiger partial charge in [0.25, 0.3) is 0 Å². The minimum absolute atomic E-state index is 0.281. The Labute approximate surface area is 162 Å². The number of rotatable bonds is 3. The van der Waals surface area contributed by atoms with Crippen molar-refractivity contribution >= 4 is 22.9 Å². The number of carbonyl (C=O) groups is 1. The maximum absolute atomic E-state index is 12.5. The number of nitrogens with zero attached hydrogens (tertiary/aromatic N) is 4. The highest BCUT2D eigenvalue weighted by Gasteiger charge is 2.34. The molecule has 8 heteroatoms. The van der Waals surface area contributed by atoms with E-state index in [2.05, 4.69) is 20.3 Å². The third-order valence-corrected chi connectivity index (χ3v) is 4.79. The van der Waals surface area contributed by atoms with Crippen LogP contribution in [0.4, 0.5) is 10.6 Å². The van der Waals surface area contributed by atoms with Crippen LogP contribution in [0.15, 0.2) is 42.7 Å². The largest absolute Gasteiger partial charge is 0.479 e. The summed E-state index contributed by atoms with van der Waals surface area (Å²) in [6.45, 7) is 2.49. The van der Waals surface area contributed by atoms with E-state index in [0.717, 1.165) is 11.1 Å². The van der Waals surface area contributed by atoms with Crippen LogP contribution in [0.1, 0.15) is 13.3 Å². The van der Waals surface area contributed by atoms with Crippen LogP contribution >= 0.6 is 0 Å². The first-order valence-electron chi connectivity index (χ1n) is 9.00. The number of likely N-dealkylation sites (tertiary alicyclic amines) is 1. The molecule has 3 heterocycles. The smallest absolute Gasteiger partial charge is 0.323 e. The summed E-state index contributed by atoms with van der Waals surface area (Å²) >= 11 is 0. The second-order valence-electron chi connectivity index (χ2n) is 7.10. The molecule has 144 valence electrons. The van der Waals surface area contributed by atoms with Gasteiger partial charge in [0.15, 0.2) is 11.3 Å². The van der Waals surface area contributed by atoms with Crippen molar-refractivity contribution in [2.24, 2.45) is 0 Å². The fraction of sp³-hybridized carbons (Fsp3) is 0.300. The Balaban J connectivity index is 1.68. The summed E-state index contributed by atoms with van der Waals surface area (Å²) in [6, 6.07) is 9.45. The predicted octanol–water partition coefficient (Wildman–Crippen LogP) is 2.69. The van der Waals surface area contributed by atoms with Gasteiger partial charge < -0.3 is 14.7 Å². The second kappa shape index (κ2) is 7.05. The SMILES string of the molecule is COc1ncc(-c2ccccc2)c2ncc(NC(=O)N3CCC(C)(O)C3)nc12. The van der Waals surface area contributed by atoms with E-state index in [-0.39, 0.29) is 12.6 Å². The number of nitrogens with one attached hydrogen (secondary N) is 1. The van der Waals surface area contributed by atoms with Gasteiger partial charge in [-0.05, 0) is 18.9 Å². The van der Waals surface area contributed by atoms with Crippen LogP contribution in [0.3, 0.4) is 0 Å². The average molecular weight is 379 g/mol. The lowest BCUT2D eigenvalue weighted by atomic mass is 10.1. The Morgan fingerprint density at radius 2 is 2.00 bits per heavy atom. The third kappa shape index (κ3) is 3.46. The van der Waals surface area contributed by atoms with Gasteiger partial charge in [-0.25, -0.2) is 19.7 Å². The molecule has 0 bridgehead atoms. The van der Waals surface area contributed by atoms with Gasteiger partial charge in [-0.1, -0.05) is 30.3 Å². The Morgan fingerprint density at radius 3 is 2.68 bits per heavy atom. The number of urea groups is 1. The molecule has 1 unspecified atom stereocenters. The molecule has 28 heavy (non-hydrogen) atoms. The molecule has 3 aromatic rings. The Hall–Kier alpha value is -3.26. The molecule has 2 N–H and O–H groups in total. The molecular weight excluding hydrogens is 358 g/mol. The van der Waals surface area contributed by atoms with E-state index >= 15 is 0 Å². The summed E-state index contributed by atoms with van der Waals surface area (Å²) in [5.41, 5.74) is 2.05. The molecule has 1 fully saturated rings. The van der Waals surface area contributed by atoms with E-state index in [1.165, 1.54) is 13.3 Å². The van der Waals surface area contributed by atoms with Crippen molar-refractivity contribution in [2.75, 3.05) is 25.5 Å². The van der Waals surface area contributed by atoms with E-state index in [0.29, 0.717) is 35.7 Å². The number of aromatic nitrogens is 3. The lowest BCUT2D eigenvalue weighted by Gasteiger charge is -2.19. The molecule has 4 rings (SSSR count). The number of ether oxygens (including phenoxy) is 1. The molecule has 1 aromatic carbocycles. The number of carbonyl (C=O) groups excluding carboxylic acids is 1. The van der Waals surface area contributed by atoms with E-state index in [1.54, 1.807) is 18.0 Å². The van der Waals surface area contributed by atoms with E-state index in [9.17, 15) is 9.90 Å². The van der Waals surface area contributed by atoms with Crippen LogP contribution in [0.5, 0.6) is 5.88 Å². The summed E-state index contributed by atoms with van der Waals surface area (Å²) < 4.78 is 5.34. The molecule has 0 radical (unpaired) electrons. The number of benzene rings is 1. The van der Waals surface area contributed by atoms with Crippen molar-refractivity contribution in [3.05, 3.63) is 42.7 Å². The Kier molecular flexibility index (Phi) is 4.56. The highest BCUT2D eigenvalue weighted by molar-refractivity contribution is 5.95. The molecule has 8 nitrogen and oxygen atoms in total. The number of anilines is 1. The van der Waals surface area contributed by atoms with Crippen molar-refractivity contribution < 1.29 is 14.6 Å². The number of methoxy groups -OCH3 is 1. The summed E-state index contributed by atoms with van der Waals surface area (Å²) in [4.78, 5) is 27.4. The topological polar surface area (TPSA) is 100 Å². The van der Waals surface area contributed by atoms with Crippen molar-refractivity contribution in [1.82, 2.24) is 19.9 Å². The van der Waals surface area contributed by atoms with E-state index in [1.807, 2.05) is 30.3 Å². The van der Waals surface area contributed by atoms with E-state index < -0.39 is 5.60 Å². The van der Waals surface area contributed by atoms with Crippen molar-refractivity contribution in [3.8, 4) is 17.0 Å². The highest BCUT2D eigenvalue weighted by Crippen LogP contribution is 2.30. The van der Waals surface area contributed by atoms with Gasteiger partial charge in [-0.3, -0.25) is 5.32 Å². The molecule has 2 aromatic heterocycles. The number of fused-ring (bicyclic) bond motifs is 1. The minimum atomic E-state index is -0.857. The monoisotopic (exact) mass is 379 g/mol. The first kappa shape index (κ1) is 18.1. The van der Waals surface area contributed by atoms with Crippen LogP contribution in [0.25, 0.3) is 22.2 Å². The van der Waals surface area contributed by atoms with Crippen molar-refractivity contribution in [1.29, 1.82) is 0 Å². The van der Waals surface area contributed by atoms with Gasteiger partial charge in [-0.15, -0.1) is 0 Å². The number of amides is 2. The van der Waals surface area contributed by atoms with Gasteiger partial charge >= 0.3 is 6.03 Å². The normalized spacial score (nSPS) is 19.0. The highest BCUT2D eigenvalue weighted by atomic mass is 16.5. The zero-order valence-electron chi connectivity index (χ0n) is 15.7. The molecular formula is C20H21N5O3. The minimum Gasteiger partial charge on any atom is -0.479 e. The quantitative estimate of drug-likeness (QED) is 0.726. The van der Waals surface area contributed by atoms with Gasteiger partial charge in [0.2, 0.25) is 5.88 Å². The molecule has 1 aliphatic heterocycles. The predicted molar refractivity (Wildman–Crippen MR) is 105 cm³/mol. The summed E-state index contributed by atoms with van der Waals surface area (Å²) in [5, 5.41) is 12.8. The summed E-state index contributed by atoms with van der Waals surface area (Å²) in [7, 11) is 1.52.